The van der Waals surface area contributed by atoms with Crippen molar-refractivity contribution in [3.05, 3.63) is 30.5 Å². The maximum absolute atomic E-state index is 12.3. The van der Waals surface area contributed by atoms with E-state index in [9.17, 15) is 4.79 Å². The fourth-order valence-corrected chi connectivity index (χ4v) is 2.83. The summed E-state index contributed by atoms with van der Waals surface area (Å²) >= 11 is 0. The van der Waals surface area contributed by atoms with Gasteiger partial charge >= 0.3 is 0 Å². The third-order valence-corrected chi connectivity index (χ3v) is 4.44. The van der Waals surface area contributed by atoms with Gasteiger partial charge in [-0.05, 0) is 49.0 Å². The highest BCUT2D eigenvalue weighted by atomic mass is 35.5. The van der Waals surface area contributed by atoms with Crippen molar-refractivity contribution in [2.45, 2.75) is 26.8 Å². The minimum atomic E-state index is 0. The van der Waals surface area contributed by atoms with Gasteiger partial charge in [0.15, 0.2) is 0 Å². The van der Waals surface area contributed by atoms with Gasteiger partial charge in [-0.25, -0.2) is 0 Å². The maximum Gasteiger partial charge on any atom is 0.227 e. The summed E-state index contributed by atoms with van der Waals surface area (Å²) in [5, 5.41) is 7.50. The van der Waals surface area contributed by atoms with Gasteiger partial charge in [-0.2, -0.15) is 0 Å². The van der Waals surface area contributed by atoms with Gasteiger partial charge in [-0.3, -0.25) is 4.79 Å². The Hall–Kier alpha value is -1.52. The van der Waals surface area contributed by atoms with E-state index in [-0.39, 0.29) is 24.2 Å². The van der Waals surface area contributed by atoms with E-state index in [1.165, 1.54) is 10.9 Å². The molecule has 1 unspecified atom stereocenters. The standard InChI is InChI=1S/C17H23N3O.ClH/c1-3-7-20-8-6-13-4-5-15(9-16(13)20)19-17(21)12(2)14-10-18-11-14;/h4-6,8-9,12,14,18H,3,7,10-11H2,1-2H3,(H,19,21);1H. The Morgan fingerprint density at radius 3 is 2.82 bits per heavy atom. The molecule has 2 heterocycles. The Morgan fingerprint density at radius 2 is 2.18 bits per heavy atom. The van der Waals surface area contributed by atoms with Crippen LogP contribution in [-0.4, -0.2) is 23.6 Å². The van der Waals surface area contributed by atoms with Crippen molar-refractivity contribution in [3.63, 3.8) is 0 Å². The molecule has 0 radical (unpaired) electrons. The van der Waals surface area contributed by atoms with Gasteiger partial charge in [0.1, 0.15) is 0 Å². The number of aromatic nitrogens is 1. The molecule has 1 aromatic carbocycles. The van der Waals surface area contributed by atoms with Crippen LogP contribution in [0.3, 0.4) is 0 Å². The number of hydrogen-bond donors (Lipinski definition) is 2. The summed E-state index contributed by atoms with van der Waals surface area (Å²) in [6.07, 6.45) is 3.22. The van der Waals surface area contributed by atoms with Gasteiger partial charge in [0.25, 0.3) is 0 Å². The molecule has 1 aliphatic rings. The number of halogens is 1. The number of carbonyl (C=O) groups excluding carboxylic acids is 1. The molecule has 1 saturated heterocycles. The molecule has 1 aliphatic heterocycles. The van der Waals surface area contributed by atoms with Crippen molar-refractivity contribution in [2.24, 2.45) is 11.8 Å². The molecule has 0 spiro atoms. The number of nitrogens with zero attached hydrogens (tertiary/aromatic N) is 1. The average Bonchev–Trinajstić information content (AvgIpc) is 2.80. The van der Waals surface area contributed by atoms with E-state index < -0.39 is 0 Å². The molecule has 2 N–H and O–H groups in total. The molecule has 0 aliphatic carbocycles. The molecule has 1 aromatic heterocycles. The third kappa shape index (κ3) is 3.28. The van der Waals surface area contributed by atoms with Crippen molar-refractivity contribution >= 4 is 34.9 Å². The van der Waals surface area contributed by atoms with Crippen LogP contribution in [0.25, 0.3) is 10.9 Å². The van der Waals surface area contributed by atoms with Crippen molar-refractivity contribution in [2.75, 3.05) is 18.4 Å². The second-order valence-corrected chi connectivity index (χ2v) is 5.98. The maximum atomic E-state index is 12.3. The van der Waals surface area contributed by atoms with E-state index >= 15 is 0 Å². The zero-order valence-corrected chi connectivity index (χ0v) is 14.0. The summed E-state index contributed by atoms with van der Waals surface area (Å²) in [4.78, 5) is 12.3. The summed E-state index contributed by atoms with van der Waals surface area (Å²) in [6, 6.07) is 8.27. The Bertz CT molecular complexity index is 648. The summed E-state index contributed by atoms with van der Waals surface area (Å²) < 4.78 is 2.24. The molecule has 1 atom stereocenters. The fourth-order valence-electron chi connectivity index (χ4n) is 2.83. The second kappa shape index (κ2) is 7.16. The van der Waals surface area contributed by atoms with Gasteiger partial charge in [0.05, 0.1) is 5.52 Å². The summed E-state index contributed by atoms with van der Waals surface area (Å²) in [5.41, 5.74) is 2.08. The van der Waals surface area contributed by atoms with Crippen LogP contribution >= 0.6 is 12.4 Å². The normalized spacial score (nSPS) is 15.9. The Kier molecular flexibility index (Phi) is 5.48. The number of fused-ring (bicyclic) bond motifs is 1. The zero-order chi connectivity index (χ0) is 14.8. The van der Waals surface area contributed by atoms with Crippen LogP contribution in [0.15, 0.2) is 30.5 Å². The summed E-state index contributed by atoms with van der Waals surface area (Å²) in [5.74, 6) is 0.650. The van der Waals surface area contributed by atoms with Gasteiger partial charge in [-0.15, -0.1) is 12.4 Å². The van der Waals surface area contributed by atoms with Crippen LogP contribution in [0.5, 0.6) is 0 Å². The van der Waals surface area contributed by atoms with Crippen LogP contribution in [-0.2, 0) is 11.3 Å². The quantitative estimate of drug-likeness (QED) is 0.888. The van der Waals surface area contributed by atoms with Crippen LogP contribution < -0.4 is 10.6 Å². The molecule has 4 nitrogen and oxygen atoms in total. The molecular weight excluding hydrogens is 298 g/mol. The number of nitrogens with one attached hydrogen (secondary N) is 2. The molecule has 5 heteroatoms. The number of anilines is 1. The number of benzene rings is 1. The van der Waals surface area contributed by atoms with E-state index in [4.69, 9.17) is 0 Å². The molecule has 0 saturated carbocycles. The van der Waals surface area contributed by atoms with Crippen LogP contribution in [0, 0.1) is 11.8 Å². The molecule has 120 valence electrons. The molecule has 1 fully saturated rings. The smallest absolute Gasteiger partial charge is 0.227 e. The van der Waals surface area contributed by atoms with Gasteiger partial charge < -0.3 is 15.2 Å². The highest BCUT2D eigenvalue weighted by molar-refractivity contribution is 5.95. The number of aryl methyl sites for hydroxylation is 1. The lowest BCUT2D eigenvalue weighted by Crippen LogP contribution is -2.48. The van der Waals surface area contributed by atoms with Crippen molar-refractivity contribution < 1.29 is 4.79 Å². The first kappa shape index (κ1) is 16.8. The van der Waals surface area contributed by atoms with E-state index in [0.29, 0.717) is 5.92 Å². The predicted octanol–water partition coefficient (Wildman–Crippen LogP) is 3.27. The minimum absolute atomic E-state index is 0. The Balaban J connectivity index is 0.00000176. The van der Waals surface area contributed by atoms with Gasteiger partial charge in [0.2, 0.25) is 5.91 Å². The van der Waals surface area contributed by atoms with Gasteiger partial charge in [0, 0.05) is 24.3 Å². The van der Waals surface area contributed by atoms with Crippen LogP contribution in [0.2, 0.25) is 0 Å². The number of hydrogen-bond acceptors (Lipinski definition) is 2. The zero-order valence-electron chi connectivity index (χ0n) is 13.1. The minimum Gasteiger partial charge on any atom is -0.347 e. The largest absolute Gasteiger partial charge is 0.347 e. The lowest BCUT2D eigenvalue weighted by atomic mass is 9.88. The molecule has 3 rings (SSSR count). The fraction of sp³-hybridized carbons (Fsp3) is 0.471. The SMILES string of the molecule is CCCn1ccc2ccc(NC(=O)C(C)C3CNC3)cc21.Cl. The molecule has 22 heavy (non-hydrogen) atoms. The predicted molar refractivity (Wildman–Crippen MR) is 93.6 cm³/mol. The summed E-state index contributed by atoms with van der Waals surface area (Å²) in [6.45, 7) is 7.09. The first-order valence-electron chi connectivity index (χ1n) is 7.79. The molecule has 2 aromatic rings. The lowest BCUT2D eigenvalue weighted by Gasteiger charge is -2.31. The molecule has 0 bridgehead atoms. The van der Waals surface area contributed by atoms with E-state index in [2.05, 4.69) is 46.5 Å². The first-order chi connectivity index (χ1) is 10.2. The average molecular weight is 322 g/mol. The van der Waals surface area contributed by atoms with Crippen LogP contribution in [0.1, 0.15) is 20.3 Å². The second-order valence-electron chi connectivity index (χ2n) is 5.98. The van der Waals surface area contributed by atoms with Gasteiger partial charge in [-0.1, -0.05) is 19.9 Å². The van der Waals surface area contributed by atoms with E-state index in [1.54, 1.807) is 0 Å². The Morgan fingerprint density at radius 1 is 1.41 bits per heavy atom. The highest BCUT2D eigenvalue weighted by Gasteiger charge is 2.28. The lowest BCUT2D eigenvalue weighted by molar-refractivity contribution is -0.121. The molecular formula is C17H24ClN3O. The topological polar surface area (TPSA) is 46.1 Å². The number of rotatable bonds is 5. The van der Waals surface area contributed by atoms with Crippen molar-refractivity contribution in [1.82, 2.24) is 9.88 Å². The monoisotopic (exact) mass is 321 g/mol. The number of carbonyl (C=O) groups is 1. The summed E-state index contributed by atoms with van der Waals surface area (Å²) in [7, 11) is 0. The van der Waals surface area contributed by atoms with Crippen LogP contribution in [0.4, 0.5) is 5.69 Å². The molecule has 1 amide bonds. The third-order valence-electron chi connectivity index (χ3n) is 4.44. The van der Waals surface area contributed by atoms with Crippen molar-refractivity contribution in [3.8, 4) is 0 Å². The van der Waals surface area contributed by atoms with E-state index in [1.807, 2.05) is 13.0 Å². The Labute approximate surface area is 137 Å². The highest BCUT2D eigenvalue weighted by Crippen LogP contribution is 2.23. The van der Waals surface area contributed by atoms with Crippen molar-refractivity contribution in [1.29, 1.82) is 0 Å². The van der Waals surface area contributed by atoms with E-state index in [0.717, 1.165) is 31.7 Å². The first-order valence-corrected chi connectivity index (χ1v) is 7.79. The number of amides is 1.